The maximum Gasteiger partial charge on any atom is 0.267 e. The molecule has 108 valence electrons. The maximum atomic E-state index is 12.8. The van der Waals surface area contributed by atoms with Gasteiger partial charge in [-0.2, -0.15) is 0 Å². The summed E-state index contributed by atoms with van der Waals surface area (Å²) in [6.45, 7) is 0. The topological polar surface area (TPSA) is 61.4 Å². The van der Waals surface area contributed by atoms with Crippen LogP contribution in [0.3, 0.4) is 0 Å². The number of para-hydroxylation sites is 1. The van der Waals surface area contributed by atoms with Crippen LogP contribution < -0.4 is 10.3 Å². The minimum atomic E-state index is -0.124. The first-order chi connectivity index (χ1) is 10.8. The molecule has 0 atom stereocenters. The number of hydrogen-bond acceptors (Lipinski definition) is 4. The Balaban J connectivity index is 2.12. The van der Waals surface area contributed by atoms with E-state index >= 15 is 0 Å². The predicted octanol–water partition coefficient (Wildman–Crippen LogP) is 2.04. The highest BCUT2D eigenvalue weighted by atomic mass is 16.5. The number of hydrogen-bond donors (Lipinski definition) is 0. The summed E-state index contributed by atoms with van der Waals surface area (Å²) >= 11 is 0. The van der Waals surface area contributed by atoms with Gasteiger partial charge in [-0.1, -0.05) is 12.1 Å². The molecule has 6 nitrogen and oxygen atoms in total. The van der Waals surface area contributed by atoms with E-state index < -0.39 is 0 Å². The molecule has 2 aromatic heterocycles. The van der Waals surface area contributed by atoms with Gasteiger partial charge in [-0.3, -0.25) is 9.20 Å². The minimum absolute atomic E-state index is 0.124. The first-order valence-corrected chi connectivity index (χ1v) is 6.77. The molecule has 0 amide bonds. The standard InChI is InChI=1S/C16H12N4O2/c1-22-12-8-6-11(7-9-12)20-15(21)13-4-2-3-5-14(13)19-10-17-18-16(19)20/h2-10H,1H3. The Morgan fingerprint density at radius 2 is 1.82 bits per heavy atom. The molecule has 0 unspecified atom stereocenters. The molecule has 0 aliphatic carbocycles. The van der Waals surface area contributed by atoms with Gasteiger partial charge >= 0.3 is 0 Å². The maximum absolute atomic E-state index is 12.8. The molecule has 0 radical (unpaired) electrons. The normalized spacial score (nSPS) is 11.1. The molecular formula is C16H12N4O2. The molecule has 0 saturated carbocycles. The molecule has 0 saturated heterocycles. The number of ether oxygens (including phenoxy) is 1. The van der Waals surface area contributed by atoms with Crippen LogP contribution in [0.5, 0.6) is 5.75 Å². The Labute approximate surface area is 125 Å². The predicted molar refractivity (Wildman–Crippen MR) is 82.6 cm³/mol. The molecule has 4 rings (SSSR count). The van der Waals surface area contributed by atoms with E-state index in [0.717, 1.165) is 17.0 Å². The van der Waals surface area contributed by atoms with E-state index in [1.54, 1.807) is 28.5 Å². The Kier molecular flexibility index (Phi) is 2.69. The second-order valence-electron chi connectivity index (χ2n) is 4.86. The summed E-state index contributed by atoms with van der Waals surface area (Å²) in [6, 6.07) is 14.7. The number of rotatable bonds is 2. The fourth-order valence-electron chi connectivity index (χ4n) is 2.59. The third-order valence-electron chi connectivity index (χ3n) is 3.66. The van der Waals surface area contributed by atoms with Gasteiger partial charge in [-0.25, -0.2) is 4.57 Å². The van der Waals surface area contributed by atoms with Crippen molar-refractivity contribution in [3.63, 3.8) is 0 Å². The van der Waals surface area contributed by atoms with E-state index in [4.69, 9.17) is 4.74 Å². The van der Waals surface area contributed by atoms with Gasteiger partial charge in [-0.15, -0.1) is 10.2 Å². The number of benzene rings is 2. The first kappa shape index (κ1) is 12.6. The van der Waals surface area contributed by atoms with E-state index in [2.05, 4.69) is 10.2 Å². The lowest BCUT2D eigenvalue weighted by Crippen LogP contribution is -2.21. The second-order valence-corrected chi connectivity index (χ2v) is 4.86. The van der Waals surface area contributed by atoms with E-state index in [1.165, 1.54) is 0 Å². The third-order valence-corrected chi connectivity index (χ3v) is 3.66. The molecule has 6 heteroatoms. The van der Waals surface area contributed by atoms with E-state index in [9.17, 15) is 4.79 Å². The third kappa shape index (κ3) is 1.70. The Hall–Kier alpha value is -3.15. The van der Waals surface area contributed by atoms with Gasteiger partial charge < -0.3 is 4.74 Å². The zero-order valence-electron chi connectivity index (χ0n) is 11.8. The smallest absolute Gasteiger partial charge is 0.267 e. The molecule has 0 N–H and O–H groups in total. The highest BCUT2D eigenvalue weighted by Gasteiger charge is 2.13. The molecule has 0 bridgehead atoms. The van der Waals surface area contributed by atoms with Gasteiger partial charge in [0.2, 0.25) is 5.78 Å². The summed E-state index contributed by atoms with van der Waals surface area (Å²) in [5, 5.41) is 8.65. The van der Waals surface area contributed by atoms with Crippen molar-refractivity contribution < 1.29 is 4.74 Å². The quantitative estimate of drug-likeness (QED) is 0.567. The monoisotopic (exact) mass is 292 g/mol. The molecule has 0 spiro atoms. The molecule has 0 aliphatic heterocycles. The van der Waals surface area contributed by atoms with Crippen LogP contribution in [0, 0.1) is 0 Å². The molecule has 2 aromatic carbocycles. The lowest BCUT2D eigenvalue weighted by molar-refractivity contribution is 0.414. The highest BCUT2D eigenvalue weighted by Crippen LogP contribution is 2.18. The van der Waals surface area contributed by atoms with E-state index in [1.807, 2.05) is 42.5 Å². The molecule has 22 heavy (non-hydrogen) atoms. The molecular weight excluding hydrogens is 280 g/mol. The van der Waals surface area contributed by atoms with Crippen molar-refractivity contribution in [2.45, 2.75) is 0 Å². The van der Waals surface area contributed by atoms with Crippen LogP contribution in [0.2, 0.25) is 0 Å². The van der Waals surface area contributed by atoms with Gasteiger partial charge in [0.25, 0.3) is 5.56 Å². The van der Waals surface area contributed by atoms with E-state index in [0.29, 0.717) is 11.2 Å². The summed E-state index contributed by atoms with van der Waals surface area (Å²) in [7, 11) is 1.61. The fraction of sp³-hybridized carbons (Fsp3) is 0.0625. The number of fused-ring (bicyclic) bond motifs is 3. The molecule has 2 heterocycles. The average molecular weight is 292 g/mol. The van der Waals surface area contributed by atoms with Crippen LogP contribution >= 0.6 is 0 Å². The van der Waals surface area contributed by atoms with Gasteiger partial charge in [-0.05, 0) is 36.4 Å². The zero-order valence-corrected chi connectivity index (χ0v) is 11.8. The lowest BCUT2D eigenvalue weighted by Gasteiger charge is -2.10. The van der Waals surface area contributed by atoms with Gasteiger partial charge in [0.15, 0.2) is 0 Å². The van der Waals surface area contributed by atoms with Gasteiger partial charge in [0, 0.05) is 0 Å². The summed E-state index contributed by atoms with van der Waals surface area (Å²) < 4.78 is 8.51. The second kappa shape index (κ2) is 4.70. The summed E-state index contributed by atoms with van der Waals surface area (Å²) in [5.74, 6) is 1.21. The molecule has 0 fully saturated rings. The van der Waals surface area contributed by atoms with Crippen molar-refractivity contribution >= 4 is 16.7 Å². The van der Waals surface area contributed by atoms with Crippen LogP contribution in [0.1, 0.15) is 0 Å². The first-order valence-electron chi connectivity index (χ1n) is 6.77. The highest BCUT2D eigenvalue weighted by molar-refractivity contribution is 5.80. The Bertz CT molecular complexity index is 1030. The van der Waals surface area contributed by atoms with Crippen LogP contribution in [0.4, 0.5) is 0 Å². The van der Waals surface area contributed by atoms with Crippen LogP contribution in [0.15, 0.2) is 59.7 Å². The lowest BCUT2D eigenvalue weighted by atomic mass is 10.2. The van der Waals surface area contributed by atoms with Crippen molar-refractivity contribution in [1.29, 1.82) is 0 Å². The number of aromatic nitrogens is 4. The largest absolute Gasteiger partial charge is 0.497 e. The van der Waals surface area contributed by atoms with Crippen molar-refractivity contribution in [2.75, 3.05) is 7.11 Å². The van der Waals surface area contributed by atoms with E-state index in [-0.39, 0.29) is 5.56 Å². The minimum Gasteiger partial charge on any atom is -0.497 e. The average Bonchev–Trinajstić information content (AvgIpc) is 3.05. The number of nitrogens with zero attached hydrogens (tertiary/aromatic N) is 4. The summed E-state index contributed by atoms with van der Waals surface area (Å²) in [4.78, 5) is 12.8. The Morgan fingerprint density at radius 3 is 2.59 bits per heavy atom. The van der Waals surface area contributed by atoms with Crippen molar-refractivity contribution in [3.05, 3.63) is 65.2 Å². The SMILES string of the molecule is COc1ccc(-n2c(=O)c3ccccc3n3cnnc23)cc1. The molecule has 4 aromatic rings. The van der Waals surface area contributed by atoms with Gasteiger partial charge in [0.05, 0.1) is 23.7 Å². The summed E-state index contributed by atoms with van der Waals surface area (Å²) in [6.07, 6.45) is 1.61. The van der Waals surface area contributed by atoms with Crippen LogP contribution in [-0.4, -0.2) is 26.3 Å². The van der Waals surface area contributed by atoms with Crippen LogP contribution in [-0.2, 0) is 0 Å². The van der Waals surface area contributed by atoms with Crippen molar-refractivity contribution in [1.82, 2.24) is 19.2 Å². The molecule has 0 aliphatic rings. The Morgan fingerprint density at radius 1 is 1.05 bits per heavy atom. The van der Waals surface area contributed by atoms with Crippen molar-refractivity contribution in [2.24, 2.45) is 0 Å². The zero-order chi connectivity index (χ0) is 15.1. The fourth-order valence-corrected chi connectivity index (χ4v) is 2.59. The van der Waals surface area contributed by atoms with Crippen molar-refractivity contribution in [3.8, 4) is 11.4 Å². The number of methoxy groups -OCH3 is 1. The summed E-state index contributed by atoms with van der Waals surface area (Å²) in [5.41, 5.74) is 1.38. The van der Waals surface area contributed by atoms with Gasteiger partial charge in [0.1, 0.15) is 12.1 Å². The van der Waals surface area contributed by atoms with Crippen LogP contribution in [0.25, 0.3) is 22.4 Å².